The second kappa shape index (κ2) is 15.5. The van der Waals surface area contributed by atoms with Gasteiger partial charge in [0, 0.05) is 0 Å². The molecule has 1 rings (SSSR count). The highest BCUT2D eigenvalue weighted by molar-refractivity contribution is 5.28. The van der Waals surface area contributed by atoms with Gasteiger partial charge in [-0.15, -0.1) is 6.58 Å². The van der Waals surface area contributed by atoms with Crippen molar-refractivity contribution in [1.29, 1.82) is 0 Å². The molecule has 1 aromatic carbocycles. The average Bonchev–Trinajstić information content (AvgIpc) is 2.64. The van der Waals surface area contributed by atoms with E-state index in [9.17, 15) is 0 Å². The predicted molar refractivity (Wildman–Crippen MR) is 111 cm³/mol. The summed E-state index contributed by atoms with van der Waals surface area (Å²) >= 11 is 0. The third-order valence-electron chi connectivity index (χ3n) is 4.01. The van der Waals surface area contributed by atoms with Crippen LogP contribution in [0.4, 0.5) is 0 Å². The van der Waals surface area contributed by atoms with Crippen LogP contribution < -0.4 is 4.74 Å². The molecule has 0 atom stereocenters. The summed E-state index contributed by atoms with van der Waals surface area (Å²) in [5, 5.41) is 0. The van der Waals surface area contributed by atoms with Crippen molar-refractivity contribution in [2.75, 3.05) is 6.61 Å². The van der Waals surface area contributed by atoms with Crippen LogP contribution in [0.1, 0.15) is 56.9 Å². The molecule has 1 aromatic rings. The summed E-state index contributed by atoms with van der Waals surface area (Å²) in [6, 6.07) is 8.43. The standard InChI is InChI=1S/C24H34O/c1-3-5-6-7-8-9-10-11-12-13-14-15-16-18-23-19-17-20-24(22-23)25-21-4-2/h3-4,6-7,9-10,17,19-20,22H,1-2,5,8,11-16,18,21H2/b7-6-,10-9-. The lowest BCUT2D eigenvalue weighted by Gasteiger charge is -2.06. The van der Waals surface area contributed by atoms with E-state index in [1.165, 1.54) is 44.1 Å². The quantitative estimate of drug-likeness (QED) is 0.242. The first-order chi connectivity index (χ1) is 12.4. The van der Waals surface area contributed by atoms with Crippen molar-refractivity contribution >= 4 is 0 Å². The van der Waals surface area contributed by atoms with Gasteiger partial charge in [-0.1, -0.05) is 74.4 Å². The summed E-state index contributed by atoms with van der Waals surface area (Å²) in [4.78, 5) is 0. The molecule has 136 valence electrons. The fourth-order valence-electron chi connectivity index (χ4n) is 2.65. The first kappa shape index (κ1) is 21.0. The molecule has 0 bridgehead atoms. The molecule has 0 aliphatic heterocycles. The monoisotopic (exact) mass is 338 g/mol. The van der Waals surface area contributed by atoms with Crippen LogP contribution in [-0.2, 0) is 6.42 Å². The predicted octanol–water partition coefficient (Wildman–Crippen LogP) is 7.21. The minimum Gasteiger partial charge on any atom is -0.490 e. The van der Waals surface area contributed by atoms with Crippen LogP contribution in [0.2, 0.25) is 0 Å². The highest BCUT2D eigenvalue weighted by atomic mass is 16.5. The molecule has 0 spiro atoms. The molecule has 0 amide bonds. The zero-order valence-corrected chi connectivity index (χ0v) is 15.7. The number of rotatable bonds is 15. The first-order valence-electron chi connectivity index (χ1n) is 9.60. The van der Waals surface area contributed by atoms with E-state index in [0.717, 1.165) is 25.0 Å². The van der Waals surface area contributed by atoms with Crippen molar-refractivity contribution in [1.82, 2.24) is 0 Å². The molecule has 0 heterocycles. The molecule has 0 N–H and O–H groups in total. The topological polar surface area (TPSA) is 9.23 Å². The summed E-state index contributed by atoms with van der Waals surface area (Å²) in [5.74, 6) is 0.948. The summed E-state index contributed by atoms with van der Waals surface area (Å²) in [6.45, 7) is 7.95. The number of benzene rings is 1. The van der Waals surface area contributed by atoms with E-state index >= 15 is 0 Å². The van der Waals surface area contributed by atoms with Crippen molar-refractivity contribution in [3.05, 3.63) is 79.4 Å². The fraction of sp³-hybridized carbons (Fsp3) is 0.417. The highest BCUT2D eigenvalue weighted by Gasteiger charge is 1.97. The minimum absolute atomic E-state index is 0.572. The number of hydrogen-bond acceptors (Lipinski definition) is 1. The van der Waals surface area contributed by atoms with Gasteiger partial charge >= 0.3 is 0 Å². The Labute approximate surface area is 154 Å². The molecule has 0 saturated heterocycles. The SMILES string of the molecule is C=CC/C=C\C/C=C\CCCCCCCc1cccc(OCC=C)c1. The summed E-state index contributed by atoms with van der Waals surface area (Å²) in [7, 11) is 0. The Morgan fingerprint density at radius 3 is 2.40 bits per heavy atom. The van der Waals surface area contributed by atoms with Gasteiger partial charge in [-0.3, -0.25) is 0 Å². The van der Waals surface area contributed by atoms with Crippen LogP contribution in [0.3, 0.4) is 0 Å². The third-order valence-corrected chi connectivity index (χ3v) is 4.01. The van der Waals surface area contributed by atoms with Crippen LogP contribution in [0.5, 0.6) is 5.75 Å². The average molecular weight is 339 g/mol. The molecule has 1 nitrogen and oxygen atoms in total. The molecule has 0 aromatic heterocycles. The van der Waals surface area contributed by atoms with Gasteiger partial charge in [-0.2, -0.15) is 0 Å². The highest BCUT2D eigenvalue weighted by Crippen LogP contribution is 2.16. The maximum Gasteiger partial charge on any atom is 0.120 e. The Bertz CT molecular complexity index is 525. The van der Waals surface area contributed by atoms with E-state index in [0.29, 0.717) is 6.61 Å². The molecular formula is C24H34O. The molecule has 0 aliphatic carbocycles. The normalized spacial score (nSPS) is 11.2. The van der Waals surface area contributed by atoms with Crippen LogP contribution in [0, 0.1) is 0 Å². The van der Waals surface area contributed by atoms with E-state index < -0.39 is 0 Å². The van der Waals surface area contributed by atoms with Gasteiger partial charge < -0.3 is 4.74 Å². The van der Waals surface area contributed by atoms with E-state index in [1.807, 2.05) is 12.1 Å². The second-order valence-electron chi connectivity index (χ2n) is 6.26. The van der Waals surface area contributed by atoms with Gasteiger partial charge in [0.05, 0.1) is 0 Å². The summed E-state index contributed by atoms with van der Waals surface area (Å²) in [5.41, 5.74) is 1.37. The number of hydrogen-bond donors (Lipinski definition) is 0. The number of unbranched alkanes of at least 4 members (excludes halogenated alkanes) is 5. The maximum absolute atomic E-state index is 5.58. The molecule has 25 heavy (non-hydrogen) atoms. The summed E-state index contributed by atoms with van der Waals surface area (Å²) < 4.78 is 5.58. The van der Waals surface area contributed by atoms with E-state index in [1.54, 1.807) is 6.08 Å². The largest absolute Gasteiger partial charge is 0.490 e. The van der Waals surface area contributed by atoms with Gasteiger partial charge in [-0.05, 0) is 56.2 Å². The molecule has 1 heteroatoms. The van der Waals surface area contributed by atoms with Crippen LogP contribution in [-0.4, -0.2) is 6.61 Å². The second-order valence-corrected chi connectivity index (χ2v) is 6.26. The lowest BCUT2D eigenvalue weighted by atomic mass is 10.0. The van der Waals surface area contributed by atoms with Crippen molar-refractivity contribution in [2.24, 2.45) is 0 Å². The first-order valence-corrected chi connectivity index (χ1v) is 9.60. The van der Waals surface area contributed by atoms with Crippen molar-refractivity contribution < 1.29 is 4.74 Å². The Morgan fingerprint density at radius 1 is 0.800 bits per heavy atom. The number of allylic oxidation sites excluding steroid dienone is 5. The van der Waals surface area contributed by atoms with Crippen molar-refractivity contribution in [2.45, 2.75) is 57.8 Å². The third kappa shape index (κ3) is 12.1. The maximum atomic E-state index is 5.58. The van der Waals surface area contributed by atoms with Crippen molar-refractivity contribution in [3.63, 3.8) is 0 Å². The van der Waals surface area contributed by atoms with Gasteiger partial charge in [-0.25, -0.2) is 0 Å². The zero-order valence-electron chi connectivity index (χ0n) is 15.7. The lowest BCUT2D eigenvalue weighted by molar-refractivity contribution is 0.363. The minimum atomic E-state index is 0.572. The molecule has 0 saturated carbocycles. The molecule has 0 fully saturated rings. The van der Waals surface area contributed by atoms with Gasteiger partial charge in [0.15, 0.2) is 0 Å². The number of ether oxygens (including phenoxy) is 1. The summed E-state index contributed by atoms with van der Waals surface area (Å²) in [6.07, 6.45) is 23.6. The number of aryl methyl sites for hydroxylation is 1. The zero-order chi connectivity index (χ0) is 18.0. The lowest BCUT2D eigenvalue weighted by Crippen LogP contribution is -1.94. The Kier molecular flexibility index (Phi) is 13.0. The van der Waals surface area contributed by atoms with E-state index in [-0.39, 0.29) is 0 Å². The fourth-order valence-corrected chi connectivity index (χ4v) is 2.65. The van der Waals surface area contributed by atoms with Gasteiger partial charge in [0.2, 0.25) is 0 Å². The smallest absolute Gasteiger partial charge is 0.120 e. The molecular weight excluding hydrogens is 304 g/mol. The van der Waals surface area contributed by atoms with Crippen LogP contribution >= 0.6 is 0 Å². The Hall–Kier alpha value is -2.02. The molecule has 0 radical (unpaired) electrons. The Balaban J connectivity index is 2.00. The van der Waals surface area contributed by atoms with Gasteiger partial charge in [0.25, 0.3) is 0 Å². The Morgan fingerprint density at radius 2 is 1.56 bits per heavy atom. The van der Waals surface area contributed by atoms with E-state index in [2.05, 4.69) is 55.7 Å². The van der Waals surface area contributed by atoms with Crippen molar-refractivity contribution in [3.8, 4) is 5.75 Å². The molecule has 0 aliphatic rings. The van der Waals surface area contributed by atoms with E-state index in [4.69, 9.17) is 4.74 Å². The van der Waals surface area contributed by atoms with Crippen LogP contribution in [0.25, 0.3) is 0 Å². The van der Waals surface area contributed by atoms with Crippen LogP contribution in [0.15, 0.2) is 73.9 Å². The molecule has 0 unspecified atom stereocenters. The van der Waals surface area contributed by atoms with Gasteiger partial charge in [0.1, 0.15) is 12.4 Å².